The minimum atomic E-state index is -0.552. The molecule has 0 aliphatic carbocycles. The van der Waals surface area contributed by atoms with Crippen LogP contribution in [0, 0.1) is 11.3 Å². The molecule has 0 atom stereocenters. The van der Waals surface area contributed by atoms with Crippen LogP contribution < -0.4 is 0 Å². The number of carbonyl (C=O) groups is 2. The van der Waals surface area contributed by atoms with Gasteiger partial charge in [0, 0.05) is 34.3 Å². The maximum Gasteiger partial charge on any atom is 0.271 e. The summed E-state index contributed by atoms with van der Waals surface area (Å²) in [5.41, 5.74) is 4.92. The second-order valence-corrected chi connectivity index (χ2v) is 10.9. The molecule has 0 fully saturated rings. The number of rotatable bonds is 9. The lowest BCUT2D eigenvalue weighted by Crippen LogP contribution is -2.43. The summed E-state index contributed by atoms with van der Waals surface area (Å²) in [5.74, 6) is 0.0870. The minimum Gasteiger partial charge on any atom is -0.273 e. The molecule has 0 saturated carbocycles. The molecule has 7 heteroatoms. The van der Waals surface area contributed by atoms with Crippen molar-refractivity contribution >= 4 is 29.7 Å². The molecule has 0 unspecified atom stereocenters. The summed E-state index contributed by atoms with van der Waals surface area (Å²) >= 11 is 1.81. The van der Waals surface area contributed by atoms with E-state index in [2.05, 4.69) is 19.1 Å². The zero-order valence-corrected chi connectivity index (χ0v) is 23.9. The Morgan fingerprint density at radius 1 is 0.927 bits per heavy atom. The molecule has 4 aromatic rings. The third-order valence-corrected chi connectivity index (χ3v) is 8.17. The van der Waals surface area contributed by atoms with Crippen LogP contribution in [0.25, 0.3) is 23.0 Å². The fraction of sp³-hybridized carbons (Fsp3) is 0.176. The Hall–Kier alpha value is -4.67. The van der Waals surface area contributed by atoms with Gasteiger partial charge in [0.05, 0.1) is 11.4 Å². The first-order valence-electron chi connectivity index (χ1n) is 13.6. The van der Waals surface area contributed by atoms with Crippen molar-refractivity contribution in [1.82, 2.24) is 14.7 Å². The third-order valence-electron chi connectivity index (χ3n) is 6.96. The first kappa shape index (κ1) is 27.9. The van der Waals surface area contributed by atoms with E-state index in [1.807, 2.05) is 96.8 Å². The SMILES string of the molecule is CCCSc1ccc(-c2nn(-c3ccccc3)cc2/C=C2/C(=O)N(CCc3ccccc3)C(=O)C(C#N)=C2C)cc1. The van der Waals surface area contributed by atoms with Gasteiger partial charge in [-0.1, -0.05) is 67.6 Å². The zero-order chi connectivity index (χ0) is 28.8. The topological polar surface area (TPSA) is 79.0 Å². The van der Waals surface area contributed by atoms with E-state index in [0.29, 0.717) is 23.3 Å². The first-order chi connectivity index (χ1) is 20.0. The van der Waals surface area contributed by atoms with Crippen molar-refractivity contribution in [3.63, 3.8) is 0 Å². The zero-order valence-electron chi connectivity index (χ0n) is 23.1. The summed E-state index contributed by atoms with van der Waals surface area (Å²) in [5, 5.41) is 14.8. The molecule has 0 saturated heterocycles. The van der Waals surface area contributed by atoms with Crippen LogP contribution in [0.1, 0.15) is 31.4 Å². The highest BCUT2D eigenvalue weighted by Crippen LogP contribution is 2.32. The van der Waals surface area contributed by atoms with Crippen LogP contribution in [0.5, 0.6) is 0 Å². The predicted molar refractivity (Wildman–Crippen MR) is 163 cm³/mol. The Morgan fingerprint density at radius 2 is 1.61 bits per heavy atom. The van der Waals surface area contributed by atoms with Gasteiger partial charge >= 0.3 is 0 Å². The van der Waals surface area contributed by atoms with Crippen molar-refractivity contribution in [2.24, 2.45) is 0 Å². The maximum absolute atomic E-state index is 13.8. The number of nitrogens with zero attached hydrogens (tertiary/aromatic N) is 4. The Kier molecular flexibility index (Phi) is 8.61. The first-order valence-corrected chi connectivity index (χ1v) is 14.6. The average Bonchev–Trinajstić information content (AvgIpc) is 3.43. The highest BCUT2D eigenvalue weighted by Gasteiger charge is 2.35. The summed E-state index contributed by atoms with van der Waals surface area (Å²) in [7, 11) is 0. The van der Waals surface area contributed by atoms with Crippen LogP contribution in [0.15, 0.2) is 113 Å². The van der Waals surface area contributed by atoms with Crippen molar-refractivity contribution in [2.45, 2.75) is 31.6 Å². The molecule has 1 aliphatic rings. The molecule has 5 rings (SSSR count). The van der Waals surface area contributed by atoms with Crippen LogP contribution in [0.2, 0.25) is 0 Å². The molecule has 6 nitrogen and oxygen atoms in total. The van der Waals surface area contributed by atoms with Gasteiger partial charge in [-0.3, -0.25) is 14.5 Å². The highest BCUT2D eigenvalue weighted by molar-refractivity contribution is 7.99. The van der Waals surface area contributed by atoms with Gasteiger partial charge in [0.1, 0.15) is 11.6 Å². The number of hydrogen-bond donors (Lipinski definition) is 0. The molecule has 0 bridgehead atoms. The van der Waals surface area contributed by atoms with E-state index < -0.39 is 11.8 Å². The van der Waals surface area contributed by atoms with E-state index in [1.54, 1.807) is 17.7 Å². The number of benzene rings is 3. The van der Waals surface area contributed by atoms with Gasteiger partial charge in [-0.15, -0.1) is 11.8 Å². The lowest BCUT2D eigenvalue weighted by atomic mass is 9.93. The van der Waals surface area contributed by atoms with Crippen LogP contribution in [-0.2, 0) is 16.0 Å². The van der Waals surface area contributed by atoms with E-state index in [4.69, 9.17) is 5.10 Å². The van der Waals surface area contributed by atoms with Gasteiger partial charge in [0.25, 0.3) is 11.8 Å². The lowest BCUT2D eigenvalue weighted by molar-refractivity contribution is -0.140. The smallest absolute Gasteiger partial charge is 0.271 e. The van der Waals surface area contributed by atoms with E-state index in [1.165, 1.54) is 9.80 Å². The number of carbonyl (C=O) groups excluding carboxylic acids is 2. The van der Waals surface area contributed by atoms with E-state index in [9.17, 15) is 14.9 Å². The monoisotopic (exact) mass is 558 g/mol. The number of imide groups is 1. The highest BCUT2D eigenvalue weighted by atomic mass is 32.2. The van der Waals surface area contributed by atoms with E-state index in [0.717, 1.165) is 34.6 Å². The molecule has 3 aromatic carbocycles. The Balaban J connectivity index is 1.57. The van der Waals surface area contributed by atoms with Gasteiger partial charge in [0.2, 0.25) is 0 Å². The summed E-state index contributed by atoms with van der Waals surface area (Å²) < 4.78 is 1.79. The standard InChI is InChI=1S/C34H30N4O2S/c1-3-20-41-29-16-14-26(15-17-29)32-27(23-38(36-32)28-12-8-5-9-13-28)21-30-24(2)31(22-35)34(40)37(33(30)39)19-18-25-10-6-4-7-11-25/h4-17,21,23H,3,18-20H2,1-2H3/b30-21+. The minimum absolute atomic E-state index is 0.0155. The summed E-state index contributed by atoms with van der Waals surface area (Å²) in [6.45, 7) is 4.01. The summed E-state index contributed by atoms with van der Waals surface area (Å²) in [6, 6.07) is 29.7. The molecule has 204 valence electrons. The second kappa shape index (κ2) is 12.7. The van der Waals surface area contributed by atoms with Crippen LogP contribution >= 0.6 is 11.8 Å². The van der Waals surface area contributed by atoms with Gasteiger partial charge < -0.3 is 0 Å². The number of nitriles is 1. The quantitative estimate of drug-likeness (QED) is 0.127. The van der Waals surface area contributed by atoms with Gasteiger partial charge in [0.15, 0.2) is 0 Å². The van der Waals surface area contributed by atoms with Crippen molar-refractivity contribution < 1.29 is 9.59 Å². The maximum atomic E-state index is 13.8. The molecule has 1 aliphatic heterocycles. The van der Waals surface area contributed by atoms with Gasteiger partial charge in [-0.25, -0.2) is 4.68 Å². The van der Waals surface area contributed by atoms with E-state index in [-0.39, 0.29) is 12.1 Å². The largest absolute Gasteiger partial charge is 0.273 e. The Bertz CT molecular complexity index is 1660. The fourth-order valence-corrected chi connectivity index (χ4v) is 5.50. The lowest BCUT2D eigenvalue weighted by Gasteiger charge is -2.27. The molecule has 2 heterocycles. The van der Waals surface area contributed by atoms with Gasteiger partial charge in [-0.05, 0) is 67.0 Å². The van der Waals surface area contributed by atoms with Crippen LogP contribution in [0.4, 0.5) is 0 Å². The van der Waals surface area contributed by atoms with Crippen molar-refractivity contribution in [1.29, 1.82) is 5.26 Å². The van der Waals surface area contributed by atoms with Gasteiger partial charge in [-0.2, -0.15) is 10.4 Å². The normalized spacial score (nSPS) is 14.6. The summed E-state index contributed by atoms with van der Waals surface area (Å²) in [6.07, 6.45) is 5.25. The number of amides is 2. The molecule has 41 heavy (non-hydrogen) atoms. The summed E-state index contributed by atoms with van der Waals surface area (Å²) in [4.78, 5) is 29.3. The van der Waals surface area contributed by atoms with Crippen molar-refractivity contribution in [2.75, 3.05) is 12.3 Å². The Labute approximate surface area is 244 Å². The fourth-order valence-electron chi connectivity index (χ4n) is 4.73. The molecule has 0 spiro atoms. The Morgan fingerprint density at radius 3 is 2.27 bits per heavy atom. The average molecular weight is 559 g/mol. The number of hydrogen-bond acceptors (Lipinski definition) is 5. The molecule has 0 N–H and O–H groups in total. The van der Waals surface area contributed by atoms with Crippen molar-refractivity contribution in [3.8, 4) is 23.0 Å². The van der Waals surface area contributed by atoms with Crippen molar-refractivity contribution in [3.05, 3.63) is 119 Å². The number of aromatic nitrogens is 2. The van der Waals surface area contributed by atoms with E-state index >= 15 is 0 Å². The number of thioether (sulfide) groups is 1. The molecule has 2 amide bonds. The van der Waals surface area contributed by atoms with Crippen LogP contribution in [-0.4, -0.2) is 38.8 Å². The van der Waals surface area contributed by atoms with Crippen LogP contribution in [0.3, 0.4) is 0 Å². The number of para-hydroxylation sites is 1. The molecule has 0 radical (unpaired) electrons. The molecular weight excluding hydrogens is 528 g/mol. The molecular formula is C34H30N4O2S. The predicted octanol–water partition coefficient (Wildman–Crippen LogP) is 6.88. The molecule has 1 aromatic heterocycles. The second-order valence-electron chi connectivity index (χ2n) is 9.75. The third kappa shape index (κ3) is 6.08.